The van der Waals surface area contributed by atoms with Gasteiger partial charge in [0, 0.05) is 28.5 Å². The lowest BCUT2D eigenvalue weighted by atomic mass is 10.1. The zero-order chi connectivity index (χ0) is 29.5. The first-order valence-corrected chi connectivity index (χ1v) is 13.3. The molecule has 1 N–H and O–H groups in total. The number of hydrogen-bond acceptors (Lipinski definition) is 3. The lowest BCUT2D eigenvalue weighted by Gasteiger charge is -2.28. The predicted molar refractivity (Wildman–Crippen MR) is 142 cm³/mol. The van der Waals surface area contributed by atoms with E-state index in [9.17, 15) is 35.9 Å². The summed E-state index contributed by atoms with van der Waals surface area (Å²) in [4.78, 5) is 31.2. The first-order valence-electron chi connectivity index (χ1n) is 12.5. The monoisotopic (exact) mass is 585 g/mol. The molecule has 2 aromatic carbocycles. The van der Waals surface area contributed by atoms with E-state index in [2.05, 4.69) is 5.32 Å². The lowest BCUT2D eigenvalue weighted by Crippen LogP contribution is -2.44. The Morgan fingerprint density at radius 2 is 1.48 bits per heavy atom. The SMILES string of the molecule is CCCCN(CC(=O)N(Cc1ccccc1)Cc1ccc(C)s1)C(=O)Nc1cc(C(F)(F)F)cc(C(F)(F)F)c1. The highest BCUT2D eigenvalue weighted by molar-refractivity contribution is 7.11. The number of urea groups is 1. The van der Waals surface area contributed by atoms with Crippen molar-refractivity contribution in [3.05, 3.63) is 87.1 Å². The Morgan fingerprint density at radius 3 is 2.00 bits per heavy atom. The molecule has 0 aliphatic heterocycles. The third-order valence-corrected chi connectivity index (χ3v) is 6.93. The number of anilines is 1. The van der Waals surface area contributed by atoms with E-state index in [-0.39, 0.29) is 25.7 Å². The predicted octanol–water partition coefficient (Wildman–Crippen LogP) is 7.96. The van der Waals surface area contributed by atoms with Gasteiger partial charge in [0.25, 0.3) is 0 Å². The van der Waals surface area contributed by atoms with Gasteiger partial charge in [0.15, 0.2) is 0 Å². The molecule has 1 aromatic heterocycles. The number of alkyl halides is 6. The molecule has 3 amide bonds. The van der Waals surface area contributed by atoms with E-state index in [4.69, 9.17) is 0 Å². The molecular weight excluding hydrogens is 556 g/mol. The summed E-state index contributed by atoms with van der Waals surface area (Å²) in [5, 5.41) is 2.14. The number of thiophene rings is 1. The molecule has 0 bridgehead atoms. The van der Waals surface area contributed by atoms with E-state index < -0.39 is 47.6 Å². The molecule has 0 fully saturated rings. The Hall–Kier alpha value is -3.54. The van der Waals surface area contributed by atoms with Crippen LogP contribution in [0, 0.1) is 6.92 Å². The van der Waals surface area contributed by atoms with E-state index in [1.807, 2.05) is 56.3 Å². The molecule has 0 saturated heterocycles. The van der Waals surface area contributed by atoms with E-state index in [1.54, 1.807) is 4.90 Å². The fourth-order valence-electron chi connectivity index (χ4n) is 3.89. The molecule has 0 aliphatic carbocycles. The van der Waals surface area contributed by atoms with Gasteiger partial charge in [-0.05, 0) is 49.2 Å². The smallest absolute Gasteiger partial charge is 0.332 e. The van der Waals surface area contributed by atoms with Gasteiger partial charge >= 0.3 is 18.4 Å². The summed E-state index contributed by atoms with van der Waals surface area (Å²) < 4.78 is 79.7. The Bertz CT molecular complexity index is 1260. The summed E-state index contributed by atoms with van der Waals surface area (Å²) >= 11 is 1.52. The van der Waals surface area contributed by atoms with Gasteiger partial charge in [-0.15, -0.1) is 11.3 Å². The highest BCUT2D eigenvalue weighted by Gasteiger charge is 2.37. The highest BCUT2D eigenvalue weighted by Crippen LogP contribution is 2.37. The zero-order valence-electron chi connectivity index (χ0n) is 21.9. The fourth-order valence-corrected chi connectivity index (χ4v) is 4.79. The van der Waals surface area contributed by atoms with Crippen molar-refractivity contribution in [1.82, 2.24) is 9.80 Å². The summed E-state index contributed by atoms with van der Waals surface area (Å²) in [7, 11) is 0. The molecule has 1 heterocycles. The van der Waals surface area contributed by atoms with Gasteiger partial charge in [-0.3, -0.25) is 4.79 Å². The number of hydrogen-bond donors (Lipinski definition) is 1. The topological polar surface area (TPSA) is 52.7 Å². The molecule has 40 heavy (non-hydrogen) atoms. The maximum Gasteiger partial charge on any atom is 0.416 e. The lowest BCUT2D eigenvalue weighted by molar-refractivity contribution is -0.143. The standard InChI is InChI=1S/C28H29F6N3O2S/c1-3-4-12-36(26(39)35-23-14-21(27(29,30)31)13-22(15-23)28(32,33)34)18-25(38)37(16-20-8-6-5-7-9-20)17-24-11-10-19(2)40-24/h5-11,13-15H,3-4,12,16-18H2,1-2H3,(H,35,39). The number of nitrogens with one attached hydrogen (secondary N) is 1. The molecule has 0 aliphatic rings. The first kappa shape index (κ1) is 31.0. The summed E-state index contributed by atoms with van der Waals surface area (Å²) in [6, 6.07) is 12.9. The van der Waals surface area contributed by atoms with Crippen molar-refractivity contribution in [2.24, 2.45) is 0 Å². The van der Waals surface area contributed by atoms with E-state index >= 15 is 0 Å². The van der Waals surface area contributed by atoms with Crippen molar-refractivity contribution in [3.63, 3.8) is 0 Å². The average Bonchev–Trinajstić information content (AvgIpc) is 3.29. The van der Waals surface area contributed by atoms with Crippen LogP contribution in [-0.4, -0.2) is 34.8 Å². The van der Waals surface area contributed by atoms with Crippen LogP contribution in [0.2, 0.25) is 0 Å². The maximum atomic E-state index is 13.5. The van der Waals surface area contributed by atoms with Crippen molar-refractivity contribution in [2.75, 3.05) is 18.4 Å². The molecule has 3 aromatic rings. The minimum absolute atomic E-state index is 0.0121. The Kier molecular flexibility index (Phi) is 10.2. The number of rotatable bonds is 10. The number of benzene rings is 2. The molecule has 0 saturated carbocycles. The zero-order valence-corrected chi connectivity index (χ0v) is 22.7. The van der Waals surface area contributed by atoms with Crippen molar-refractivity contribution in [1.29, 1.82) is 0 Å². The molecular formula is C28H29F6N3O2S. The van der Waals surface area contributed by atoms with Crippen LogP contribution >= 0.6 is 11.3 Å². The van der Waals surface area contributed by atoms with Crippen molar-refractivity contribution in [3.8, 4) is 0 Å². The van der Waals surface area contributed by atoms with Crippen LogP contribution in [0.3, 0.4) is 0 Å². The average molecular weight is 586 g/mol. The van der Waals surface area contributed by atoms with Crippen LogP contribution in [0.1, 0.15) is 46.2 Å². The van der Waals surface area contributed by atoms with Gasteiger partial charge in [-0.1, -0.05) is 43.7 Å². The van der Waals surface area contributed by atoms with Crippen molar-refractivity contribution in [2.45, 2.75) is 52.1 Å². The number of aryl methyl sites for hydroxylation is 1. The number of unbranched alkanes of at least 4 members (excludes halogenated alkanes) is 1. The third-order valence-electron chi connectivity index (χ3n) is 5.95. The molecule has 5 nitrogen and oxygen atoms in total. The van der Waals surface area contributed by atoms with E-state index in [1.165, 1.54) is 11.3 Å². The second-order valence-electron chi connectivity index (χ2n) is 9.25. The molecule has 0 radical (unpaired) electrons. The van der Waals surface area contributed by atoms with Crippen LogP contribution in [0.5, 0.6) is 0 Å². The molecule has 0 spiro atoms. The molecule has 3 rings (SSSR count). The Morgan fingerprint density at radius 1 is 0.850 bits per heavy atom. The van der Waals surface area contributed by atoms with E-state index in [0.29, 0.717) is 25.0 Å². The number of nitrogens with zero attached hydrogens (tertiary/aromatic N) is 2. The molecule has 12 heteroatoms. The van der Waals surface area contributed by atoms with Gasteiger partial charge in [0.05, 0.1) is 17.7 Å². The van der Waals surface area contributed by atoms with Gasteiger partial charge in [-0.25, -0.2) is 4.79 Å². The van der Waals surface area contributed by atoms with Gasteiger partial charge in [0.1, 0.15) is 6.54 Å². The van der Waals surface area contributed by atoms with Gasteiger partial charge in [-0.2, -0.15) is 26.3 Å². The first-order chi connectivity index (χ1) is 18.8. The van der Waals surface area contributed by atoms with Crippen LogP contribution in [0.15, 0.2) is 60.7 Å². The quantitative estimate of drug-likeness (QED) is 0.246. The molecule has 0 unspecified atom stereocenters. The van der Waals surface area contributed by atoms with E-state index in [0.717, 1.165) is 20.2 Å². The summed E-state index contributed by atoms with van der Waals surface area (Å²) in [5.41, 5.74) is -2.91. The largest absolute Gasteiger partial charge is 0.416 e. The number of halogens is 6. The van der Waals surface area contributed by atoms with Crippen molar-refractivity contribution < 1.29 is 35.9 Å². The Labute approximate surface area is 232 Å². The normalized spacial score (nSPS) is 11.8. The van der Waals surface area contributed by atoms with Crippen LogP contribution in [0.25, 0.3) is 0 Å². The summed E-state index contributed by atoms with van der Waals surface area (Å²) in [6.07, 6.45) is -9.00. The van der Waals surface area contributed by atoms with Gasteiger partial charge in [0.2, 0.25) is 5.91 Å². The summed E-state index contributed by atoms with van der Waals surface area (Å²) in [5.74, 6) is -0.416. The van der Waals surface area contributed by atoms with Gasteiger partial charge < -0.3 is 15.1 Å². The van der Waals surface area contributed by atoms with Crippen molar-refractivity contribution >= 4 is 29.0 Å². The Balaban J connectivity index is 1.85. The van der Waals surface area contributed by atoms with Crippen LogP contribution in [0.4, 0.5) is 36.8 Å². The van der Waals surface area contributed by atoms with Crippen LogP contribution < -0.4 is 5.32 Å². The highest BCUT2D eigenvalue weighted by atomic mass is 32.1. The maximum absolute atomic E-state index is 13.5. The van der Waals surface area contributed by atoms with Crippen LogP contribution in [-0.2, 0) is 30.2 Å². The second kappa shape index (κ2) is 13.2. The third kappa shape index (κ3) is 9.00. The molecule has 216 valence electrons. The number of carbonyl (C=O) groups is 2. The fraction of sp³-hybridized carbons (Fsp3) is 0.357. The molecule has 0 atom stereocenters. The number of carbonyl (C=O) groups excluding carboxylic acids is 2. The second-order valence-corrected chi connectivity index (χ2v) is 10.6. The number of amides is 3. The minimum atomic E-state index is -5.06. The minimum Gasteiger partial charge on any atom is -0.332 e. The summed E-state index contributed by atoms with van der Waals surface area (Å²) in [6.45, 7) is 3.98.